The fourth-order valence-electron chi connectivity index (χ4n) is 6.46. The topological polar surface area (TPSA) is 199 Å². The number of ether oxygens (including phenoxy) is 3. The Bertz CT molecular complexity index is 2120. The number of anilines is 3. The van der Waals surface area contributed by atoms with Crippen molar-refractivity contribution < 1.29 is 42.1 Å². The largest absolute Gasteiger partial charge is 0.490 e. The molecule has 1 aliphatic rings. The summed E-state index contributed by atoms with van der Waals surface area (Å²) in [6.07, 6.45) is 0.659. The lowest BCUT2D eigenvalue weighted by molar-refractivity contribution is -0.143. The van der Waals surface area contributed by atoms with Gasteiger partial charge in [-0.3, -0.25) is 14.9 Å². The SMILES string of the molecule is CCOc1cc(C(Nc2ccc3c(N)nccc3c2)C(=O)N2CC[C@H](C(=O)O)[C@@H]2c2cc(NC(=O)OC)ccc2S(=O)(=O)C(C)C)ccc1OC(C)C. The summed E-state index contributed by atoms with van der Waals surface area (Å²) in [5.74, 6) is -1.67. The van der Waals surface area contributed by atoms with Gasteiger partial charge in [0.15, 0.2) is 21.3 Å². The van der Waals surface area contributed by atoms with Gasteiger partial charge in [0.25, 0.3) is 0 Å². The molecule has 3 aromatic carbocycles. The fraction of sp³-hybridized carbons (Fsp3) is 0.368. The van der Waals surface area contributed by atoms with Gasteiger partial charge in [-0.2, -0.15) is 0 Å². The van der Waals surface area contributed by atoms with Crippen LogP contribution in [0.1, 0.15) is 64.3 Å². The number of hydrogen-bond donors (Lipinski definition) is 4. The molecule has 1 saturated heterocycles. The number of fused-ring (bicyclic) bond motifs is 1. The van der Waals surface area contributed by atoms with Gasteiger partial charge in [-0.05, 0) is 112 Å². The number of nitrogen functional groups attached to an aromatic ring is 1. The maximum atomic E-state index is 15.1. The van der Waals surface area contributed by atoms with Crippen molar-refractivity contribution >= 4 is 55.8 Å². The number of likely N-dealkylation sites (tertiary alicyclic amines) is 1. The van der Waals surface area contributed by atoms with E-state index in [0.29, 0.717) is 35.2 Å². The van der Waals surface area contributed by atoms with Crippen LogP contribution in [-0.4, -0.2) is 73.0 Å². The minimum atomic E-state index is -4.00. The lowest BCUT2D eigenvalue weighted by Gasteiger charge is -2.33. The number of aromatic nitrogens is 1. The number of methoxy groups -OCH3 is 1. The Labute approximate surface area is 308 Å². The molecule has 5 N–H and O–H groups in total. The highest BCUT2D eigenvalue weighted by Crippen LogP contribution is 2.44. The maximum absolute atomic E-state index is 15.1. The van der Waals surface area contributed by atoms with E-state index in [2.05, 4.69) is 15.6 Å². The summed E-state index contributed by atoms with van der Waals surface area (Å²) in [5.41, 5.74) is 7.37. The van der Waals surface area contributed by atoms with Crippen LogP contribution in [0.4, 0.5) is 22.0 Å². The van der Waals surface area contributed by atoms with E-state index < -0.39 is 51.1 Å². The predicted octanol–water partition coefficient (Wildman–Crippen LogP) is 6.19. The van der Waals surface area contributed by atoms with Gasteiger partial charge >= 0.3 is 12.1 Å². The van der Waals surface area contributed by atoms with Crippen LogP contribution in [0.15, 0.2) is 71.8 Å². The van der Waals surface area contributed by atoms with Crippen molar-refractivity contribution in [3.63, 3.8) is 0 Å². The highest BCUT2D eigenvalue weighted by atomic mass is 32.2. The highest BCUT2D eigenvalue weighted by molar-refractivity contribution is 7.92. The van der Waals surface area contributed by atoms with Crippen molar-refractivity contribution in [2.24, 2.45) is 5.92 Å². The smallest absolute Gasteiger partial charge is 0.411 e. The fourth-order valence-corrected chi connectivity index (χ4v) is 7.73. The van der Waals surface area contributed by atoms with E-state index in [1.807, 2.05) is 26.8 Å². The van der Waals surface area contributed by atoms with Crippen molar-refractivity contribution in [2.75, 3.05) is 36.6 Å². The molecular weight excluding hydrogens is 703 g/mol. The minimum absolute atomic E-state index is 0.00125. The Balaban J connectivity index is 1.68. The molecule has 0 spiro atoms. The molecule has 1 unspecified atom stereocenters. The molecule has 1 aromatic heterocycles. The van der Waals surface area contributed by atoms with Crippen molar-refractivity contribution in [1.29, 1.82) is 0 Å². The first-order valence-corrected chi connectivity index (χ1v) is 18.8. The molecule has 282 valence electrons. The number of carbonyl (C=O) groups is 3. The zero-order valence-electron chi connectivity index (χ0n) is 30.5. The van der Waals surface area contributed by atoms with E-state index >= 15 is 4.79 Å². The normalized spacial score (nSPS) is 16.4. The van der Waals surface area contributed by atoms with E-state index in [1.54, 1.807) is 42.6 Å². The van der Waals surface area contributed by atoms with Gasteiger partial charge in [0, 0.05) is 29.5 Å². The molecule has 1 fully saturated rings. The third-order valence-electron chi connectivity index (χ3n) is 9.00. The van der Waals surface area contributed by atoms with Crippen LogP contribution in [0.2, 0.25) is 0 Å². The summed E-state index contributed by atoms with van der Waals surface area (Å²) in [5, 5.41) is 17.0. The monoisotopic (exact) mass is 747 g/mol. The van der Waals surface area contributed by atoms with Gasteiger partial charge < -0.3 is 35.3 Å². The second-order valence-corrected chi connectivity index (χ2v) is 15.7. The number of nitrogens with zero attached hydrogens (tertiary/aromatic N) is 2. The van der Waals surface area contributed by atoms with Crippen molar-refractivity contribution in [3.8, 4) is 11.5 Å². The number of carbonyl (C=O) groups excluding carboxylic acids is 2. The van der Waals surface area contributed by atoms with Gasteiger partial charge in [-0.25, -0.2) is 18.2 Å². The molecule has 1 aliphatic heterocycles. The molecular formula is C38H45N5O9S. The zero-order valence-corrected chi connectivity index (χ0v) is 31.3. The van der Waals surface area contributed by atoms with E-state index in [-0.39, 0.29) is 35.2 Å². The molecule has 0 aliphatic carbocycles. The summed E-state index contributed by atoms with van der Waals surface area (Å²) in [4.78, 5) is 45.5. The standard InChI is InChI=1S/C38H45N5O9S/c1-7-51-31-19-24(8-12-30(31)52-21(2)3)33(41-25-9-11-27-23(18-25)14-16-40-35(27)39)36(44)43-17-15-28(37(45)46)34(43)29-20-26(42-38(47)50-6)10-13-32(29)53(48,49)22(4)5/h8-14,16,18-22,28,33-34,41H,7,15,17H2,1-6H3,(H2,39,40)(H,42,47)(H,45,46)/t28-,33?,34+/m0/s1. The molecule has 0 bridgehead atoms. The Hall–Kier alpha value is -5.57. The van der Waals surface area contributed by atoms with Crippen LogP contribution in [-0.2, 0) is 24.2 Å². The average molecular weight is 748 g/mol. The van der Waals surface area contributed by atoms with Crippen molar-refractivity contribution in [1.82, 2.24) is 9.88 Å². The zero-order chi connectivity index (χ0) is 38.6. The van der Waals surface area contributed by atoms with Crippen LogP contribution < -0.4 is 25.8 Å². The number of nitrogens with two attached hydrogens (primary N) is 1. The van der Waals surface area contributed by atoms with Crippen LogP contribution >= 0.6 is 0 Å². The summed E-state index contributed by atoms with van der Waals surface area (Å²) in [6, 6.07) is 14.1. The highest BCUT2D eigenvalue weighted by Gasteiger charge is 2.46. The number of carboxylic acid groups (broad SMARTS) is 1. The second-order valence-electron chi connectivity index (χ2n) is 13.2. The molecule has 14 nitrogen and oxygen atoms in total. The molecule has 5 rings (SSSR count). The second kappa shape index (κ2) is 16.0. The number of sulfone groups is 1. The van der Waals surface area contributed by atoms with Gasteiger partial charge in [-0.1, -0.05) is 6.07 Å². The molecule has 0 saturated carbocycles. The third kappa shape index (κ3) is 8.25. The van der Waals surface area contributed by atoms with E-state index in [9.17, 15) is 23.1 Å². The number of rotatable bonds is 13. The number of pyridine rings is 1. The summed E-state index contributed by atoms with van der Waals surface area (Å²) >= 11 is 0. The number of hydrogen-bond acceptors (Lipinski definition) is 11. The quantitative estimate of drug-likeness (QED) is 0.121. The number of nitrogens with one attached hydrogen (secondary N) is 2. The molecule has 2 heterocycles. The third-order valence-corrected chi connectivity index (χ3v) is 11.2. The number of benzene rings is 3. The average Bonchev–Trinajstić information content (AvgIpc) is 3.57. The number of aliphatic carboxylic acids is 1. The summed E-state index contributed by atoms with van der Waals surface area (Å²) < 4.78 is 44.2. The first-order chi connectivity index (χ1) is 25.2. The van der Waals surface area contributed by atoms with E-state index in [4.69, 9.17) is 19.9 Å². The summed E-state index contributed by atoms with van der Waals surface area (Å²) in [7, 11) is -2.82. The first kappa shape index (κ1) is 38.7. The van der Waals surface area contributed by atoms with Gasteiger partial charge in [0.05, 0.1) is 41.9 Å². The predicted molar refractivity (Wildman–Crippen MR) is 201 cm³/mol. The molecule has 15 heteroatoms. The lowest BCUT2D eigenvalue weighted by atomic mass is 9.92. The molecule has 53 heavy (non-hydrogen) atoms. The van der Waals surface area contributed by atoms with Crippen LogP contribution in [0.5, 0.6) is 11.5 Å². The lowest BCUT2D eigenvalue weighted by Crippen LogP contribution is -2.40. The van der Waals surface area contributed by atoms with Crippen molar-refractivity contribution in [3.05, 3.63) is 78.0 Å². The summed E-state index contributed by atoms with van der Waals surface area (Å²) in [6.45, 7) is 8.95. The molecule has 0 radical (unpaired) electrons. The van der Waals surface area contributed by atoms with Gasteiger partial charge in [-0.15, -0.1) is 0 Å². The van der Waals surface area contributed by atoms with E-state index in [0.717, 1.165) is 10.8 Å². The Morgan fingerprint density at radius 2 is 1.74 bits per heavy atom. The number of amides is 2. The maximum Gasteiger partial charge on any atom is 0.411 e. The van der Waals surface area contributed by atoms with Crippen LogP contribution in [0, 0.1) is 5.92 Å². The molecule has 4 aromatic rings. The minimum Gasteiger partial charge on any atom is -0.490 e. The Morgan fingerprint density at radius 1 is 1.00 bits per heavy atom. The van der Waals surface area contributed by atoms with Crippen LogP contribution in [0.25, 0.3) is 10.8 Å². The van der Waals surface area contributed by atoms with Gasteiger partial charge in [0.1, 0.15) is 11.9 Å². The number of carboxylic acids is 1. The molecule has 3 atom stereocenters. The van der Waals surface area contributed by atoms with Crippen LogP contribution in [0.3, 0.4) is 0 Å². The Kier molecular flexibility index (Phi) is 11.7. The Morgan fingerprint density at radius 3 is 2.40 bits per heavy atom. The van der Waals surface area contributed by atoms with Gasteiger partial charge in [0.2, 0.25) is 5.91 Å². The van der Waals surface area contributed by atoms with E-state index in [1.165, 1.54) is 44.1 Å². The first-order valence-electron chi connectivity index (χ1n) is 17.3. The molecule has 2 amide bonds. The van der Waals surface area contributed by atoms with Crippen molar-refractivity contribution in [2.45, 2.75) is 69.4 Å².